The molecule has 2 unspecified atom stereocenters. The fourth-order valence-corrected chi connectivity index (χ4v) is 13.0. The van der Waals surface area contributed by atoms with Gasteiger partial charge in [-0.3, -0.25) is 0 Å². The van der Waals surface area contributed by atoms with E-state index in [1.54, 1.807) is 30.5 Å². The maximum atomic E-state index is 13.0. The Hall–Kier alpha value is -5.88. The molecule has 0 saturated heterocycles. The predicted octanol–water partition coefficient (Wildman–Crippen LogP) is 19.7. The number of allylic oxidation sites excluding steroid dienone is 2. The van der Waals surface area contributed by atoms with Crippen molar-refractivity contribution in [2.45, 2.75) is 219 Å². The van der Waals surface area contributed by atoms with Crippen LogP contribution in [0.15, 0.2) is 116 Å². The molecular weight excluding hydrogens is 1050 g/mol. The van der Waals surface area contributed by atoms with E-state index in [-0.39, 0.29) is 16.4 Å². The fourth-order valence-electron chi connectivity index (χ4n) is 11.7. The number of carbonyl (C=O) groups excluding carboxylic acids is 1. The van der Waals surface area contributed by atoms with Crippen LogP contribution >= 0.6 is 0 Å². The predicted molar refractivity (Wildman–Crippen MR) is 340 cm³/mol. The van der Waals surface area contributed by atoms with Crippen LogP contribution in [-0.4, -0.2) is 62.2 Å². The molecule has 0 spiro atoms. The second kappa shape index (κ2) is 34.2. The van der Waals surface area contributed by atoms with Crippen LogP contribution < -0.4 is 9.47 Å². The third-order valence-electron chi connectivity index (χ3n) is 17.2. The lowest BCUT2D eigenvalue weighted by molar-refractivity contribution is -0.138. The zero-order valence-corrected chi connectivity index (χ0v) is 52.4. The van der Waals surface area contributed by atoms with E-state index in [1.165, 1.54) is 151 Å². The summed E-state index contributed by atoms with van der Waals surface area (Å²) in [5.41, 5.74) is 7.85. The molecule has 4 aromatic carbocycles. The van der Waals surface area contributed by atoms with Gasteiger partial charge in [-0.2, -0.15) is 0 Å². The standard InChI is InChI=1S/C48H64N2O4.C23H35NO4S/c1-5-9-17-33(7-3)31-51-43-29-45-41(27-39(43)35-19-13-11-14-20-35)49-47(53-45)37-23-25-38(26-24-37)48-50-42-28-40(36-21-15-12-16-22-36)44(30-46(42)54-48)52-32-34(8-4)18-10-6-2;1-4-7-8-9-10-14-20-28-23(25)22(18-15-19-24(5-2)6-3)29(26,27)21-16-12-11-13-17-21/h23-30,33-36H,5-22,31-32H2,1-4H3;11-13,15-19H,4-10,14,20H2,1-3H3/b;19-15+,22-18-. The smallest absolute Gasteiger partial charge is 0.350 e. The fraction of sp³-hybridized carbons (Fsp3) is 0.563. The lowest BCUT2D eigenvalue weighted by Crippen LogP contribution is -2.18. The second-order valence-electron chi connectivity index (χ2n) is 23.3. The number of carbonyl (C=O) groups is 1. The third kappa shape index (κ3) is 18.8. The van der Waals surface area contributed by atoms with Crippen molar-refractivity contribution in [2.24, 2.45) is 11.8 Å². The van der Waals surface area contributed by atoms with Crippen LogP contribution in [0, 0.1) is 11.8 Å². The van der Waals surface area contributed by atoms with E-state index in [2.05, 4.69) is 83.1 Å². The number of hydrogen-bond donors (Lipinski definition) is 0. The van der Waals surface area contributed by atoms with Crippen LogP contribution in [0.5, 0.6) is 11.5 Å². The molecule has 2 saturated carbocycles. The van der Waals surface area contributed by atoms with E-state index in [9.17, 15) is 13.2 Å². The molecule has 0 amide bonds. The van der Waals surface area contributed by atoms with Gasteiger partial charge in [-0.1, -0.05) is 162 Å². The highest BCUT2D eigenvalue weighted by Crippen LogP contribution is 2.43. The minimum atomic E-state index is -3.95. The second-order valence-corrected chi connectivity index (χ2v) is 25.2. The first-order valence-electron chi connectivity index (χ1n) is 32.4. The van der Waals surface area contributed by atoms with Crippen molar-refractivity contribution in [2.75, 3.05) is 32.9 Å². The van der Waals surface area contributed by atoms with Crippen molar-refractivity contribution in [1.29, 1.82) is 0 Å². The van der Waals surface area contributed by atoms with Gasteiger partial charge in [0.25, 0.3) is 0 Å². The Labute approximate surface area is 498 Å². The Balaban J connectivity index is 0.000000290. The third-order valence-corrected chi connectivity index (χ3v) is 19.0. The summed E-state index contributed by atoms with van der Waals surface area (Å²) in [7, 11) is -3.95. The normalized spacial score (nSPS) is 15.3. The van der Waals surface area contributed by atoms with Crippen LogP contribution in [0.2, 0.25) is 0 Å². The number of oxazole rings is 2. The Morgan fingerprint density at radius 3 is 1.53 bits per heavy atom. The summed E-state index contributed by atoms with van der Waals surface area (Å²) in [4.78, 5) is 24.4. The summed E-state index contributed by atoms with van der Waals surface area (Å²) < 4.78 is 57.4. The molecule has 0 aliphatic heterocycles. The lowest BCUT2D eigenvalue weighted by Gasteiger charge is -2.25. The van der Waals surface area contributed by atoms with Gasteiger partial charge in [0.1, 0.15) is 22.5 Å². The monoisotopic (exact) mass is 1150 g/mol. The molecule has 0 N–H and O–H groups in total. The Kier molecular flexibility index (Phi) is 26.6. The number of fused-ring (bicyclic) bond motifs is 2. The van der Waals surface area contributed by atoms with Crippen LogP contribution in [0.1, 0.15) is 226 Å². The molecule has 2 atom stereocenters. The van der Waals surface area contributed by atoms with Gasteiger partial charge < -0.3 is 27.9 Å². The van der Waals surface area contributed by atoms with Crippen molar-refractivity contribution >= 4 is 38.0 Å². The van der Waals surface area contributed by atoms with Crippen LogP contribution in [0.4, 0.5) is 0 Å². The lowest BCUT2D eigenvalue weighted by atomic mass is 9.83. The van der Waals surface area contributed by atoms with Gasteiger partial charge in [0, 0.05) is 36.3 Å². The van der Waals surface area contributed by atoms with E-state index < -0.39 is 15.8 Å². The van der Waals surface area contributed by atoms with Crippen molar-refractivity contribution in [3.63, 3.8) is 0 Å². The minimum Gasteiger partial charge on any atom is -0.493 e. The topological polar surface area (TPSA) is 134 Å². The molecular formula is C71H99N3O8S. The number of ether oxygens (including phenoxy) is 3. The average molecular weight is 1150 g/mol. The van der Waals surface area contributed by atoms with E-state index >= 15 is 0 Å². The van der Waals surface area contributed by atoms with E-state index in [0.29, 0.717) is 35.5 Å². The molecule has 0 bridgehead atoms. The van der Waals surface area contributed by atoms with Crippen LogP contribution in [0.25, 0.3) is 45.1 Å². The number of benzene rings is 4. The maximum absolute atomic E-state index is 13.0. The van der Waals surface area contributed by atoms with Crippen LogP contribution in [-0.2, 0) is 19.4 Å². The zero-order chi connectivity index (χ0) is 58.8. The van der Waals surface area contributed by atoms with Crippen molar-refractivity contribution < 1.29 is 36.3 Å². The quantitative estimate of drug-likeness (QED) is 0.0173. The van der Waals surface area contributed by atoms with Crippen molar-refractivity contribution in [3.05, 3.63) is 113 Å². The molecule has 11 nitrogen and oxygen atoms in total. The van der Waals surface area contributed by atoms with Crippen LogP contribution in [0.3, 0.4) is 0 Å². The molecule has 2 aromatic heterocycles. The molecule has 2 heterocycles. The summed E-state index contributed by atoms with van der Waals surface area (Å²) in [6.45, 7) is 18.6. The van der Waals surface area contributed by atoms with Gasteiger partial charge in [0.15, 0.2) is 16.1 Å². The zero-order valence-electron chi connectivity index (χ0n) is 51.6. The summed E-state index contributed by atoms with van der Waals surface area (Å²) >= 11 is 0. The number of unbranched alkanes of at least 4 members (excludes halogenated alkanes) is 7. The summed E-state index contributed by atoms with van der Waals surface area (Å²) in [5, 5.41) is 0. The molecule has 12 heteroatoms. The van der Waals surface area contributed by atoms with Crippen molar-refractivity contribution in [3.8, 4) is 34.4 Å². The highest BCUT2D eigenvalue weighted by molar-refractivity contribution is 7.96. The average Bonchev–Trinajstić information content (AvgIpc) is 3.84. The first-order chi connectivity index (χ1) is 40.5. The molecule has 6 aromatic rings. The number of aromatic nitrogens is 2. The molecule has 2 fully saturated rings. The highest BCUT2D eigenvalue weighted by atomic mass is 32.2. The number of nitrogens with zero attached hydrogens (tertiary/aromatic N) is 3. The molecule has 8 rings (SSSR count). The maximum Gasteiger partial charge on any atom is 0.350 e. The SMILES string of the molecule is CCCCC(CC)COc1cc2oc(-c3ccc(-c4nc5cc(C6CCCCC6)c(OCC(CC)CCCC)cc5o4)cc3)nc2cc1C1CCCCC1.CCCCCCCCOC(=O)/C(=C/C=C/N(CC)CC)S(=O)(=O)c1ccccc1. The van der Waals surface area contributed by atoms with Gasteiger partial charge in [-0.15, -0.1) is 0 Å². The van der Waals surface area contributed by atoms with Gasteiger partial charge in [-0.25, -0.2) is 23.2 Å². The molecule has 2 aliphatic rings. The minimum absolute atomic E-state index is 0.0824. The Bertz CT molecular complexity index is 2900. The van der Waals surface area contributed by atoms with E-state index in [1.807, 2.05) is 18.7 Å². The summed E-state index contributed by atoms with van der Waals surface area (Å²) in [5.74, 6) is 4.61. The molecule has 0 radical (unpaired) electrons. The summed E-state index contributed by atoms with van der Waals surface area (Å²) in [6, 6.07) is 25.0. The first-order valence-corrected chi connectivity index (χ1v) is 33.9. The highest BCUT2D eigenvalue weighted by Gasteiger charge is 2.29. The molecule has 452 valence electrons. The van der Waals surface area contributed by atoms with Gasteiger partial charge in [0.05, 0.1) is 24.7 Å². The Morgan fingerprint density at radius 2 is 1.07 bits per heavy atom. The summed E-state index contributed by atoms with van der Waals surface area (Å²) in [6.07, 6.45) is 33.4. The first kappa shape index (κ1) is 64.7. The number of rotatable bonds is 32. The molecule has 2 aliphatic carbocycles. The van der Waals surface area contributed by atoms with Gasteiger partial charge >= 0.3 is 5.97 Å². The number of sulfone groups is 1. The van der Waals surface area contributed by atoms with Crippen molar-refractivity contribution in [1.82, 2.24) is 14.9 Å². The Morgan fingerprint density at radius 1 is 0.602 bits per heavy atom. The molecule has 83 heavy (non-hydrogen) atoms. The number of hydrogen-bond acceptors (Lipinski definition) is 11. The van der Waals surface area contributed by atoms with E-state index in [4.69, 9.17) is 33.0 Å². The largest absolute Gasteiger partial charge is 0.493 e. The van der Waals surface area contributed by atoms with E-state index in [0.717, 1.165) is 103 Å². The van der Waals surface area contributed by atoms with Gasteiger partial charge in [-0.05, 0) is 160 Å². The van der Waals surface area contributed by atoms with Gasteiger partial charge in [0.2, 0.25) is 21.6 Å². The number of esters is 1.